The molecule has 7 nitrogen and oxygen atoms in total. The van der Waals surface area contributed by atoms with E-state index in [0.29, 0.717) is 6.54 Å². The number of nitrogens with zero attached hydrogens (tertiary/aromatic N) is 3. The zero-order valence-electron chi connectivity index (χ0n) is 17.3. The molecule has 0 atom stereocenters. The first-order valence-electron chi connectivity index (χ1n) is 9.92. The molecule has 0 radical (unpaired) electrons. The number of nitrogens with one attached hydrogen (secondary N) is 1. The largest absolute Gasteiger partial charge is 0.452 e. The van der Waals surface area contributed by atoms with E-state index in [1.165, 1.54) is 18.2 Å². The third-order valence-corrected chi connectivity index (χ3v) is 5.17. The lowest BCUT2D eigenvalue weighted by atomic mass is 10.1. The molecule has 0 aliphatic carbocycles. The summed E-state index contributed by atoms with van der Waals surface area (Å²) in [5.74, 6) is -1.76. The highest BCUT2D eigenvalue weighted by atomic mass is 35.5. The molecule has 0 saturated heterocycles. The van der Waals surface area contributed by atoms with Gasteiger partial charge in [-0.3, -0.25) is 4.79 Å². The molecule has 0 spiro atoms. The van der Waals surface area contributed by atoms with E-state index in [2.05, 4.69) is 15.6 Å². The first-order valence-corrected chi connectivity index (χ1v) is 10.3. The number of amides is 1. The lowest BCUT2D eigenvalue weighted by molar-refractivity contribution is -0.137. The van der Waals surface area contributed by atoms with Gasteiger partial charge >= 0.3 is 12.1 Å². The molecule has 4 aromatic rings. The summed E-state index contributed by atoms with van der Waals surface area (Å²) < 4.78 is 46.1. The van der Waals surface area contributed by atoms with Gasteiger partial charge in [0.25, 0.3) is 5.91 Å². The molecule has 0 fully saturated rings. The van der Waals surface area contributed by atoms with Gasteiger partial charge in [-0.25, -0.2) is 9.48 Å². The minimum atomic E-state index is -4.72. The van der Waals surface area contributed by atoms with Crippen molar-refractivity contribution in [2.45, 2.75) is 12.7 Å². The standard InChI is InChI=1S/C23H16ClF3N4O3/c24-17-5-3-4-16(23(25,26)27)21(17)28-20(32)13-34-22(33)15-10-8-14(9-11-15)12-31-19-7-2-1-6-18(19)29-30-31/h1-11H,12-13H2,(H,28,32). The molecule has 0 unspecified atom stereocenters. The molecule has 174 valence electrons. The first-order chi connectivity index (χ1) is 16.2. The molecule has 34 heavy (non-hydrogen) atoms. The zero-order chi connectivity index (χ0) is 24.3. The van der Waals surface area contributed by atoms with E-state index in [1.807, 2.05) is 24.3 Å². The molecule has 0 bridgehead atoms. The van der Waals surface area contributed by atoms with Crippen LogP contribution in [0.5, 0.6) is 0 Å². The Balaban J connectivity index is 1.36. The van der Waals surface area contributed by atoms with Crippen molar-refractivity contribution in [2.75, 3.05) is 11.9 Å². The second-order valence-electron chi connectivity index (χ2n) is 7.22. The Kier molecular flexibility index (Phi) is 6.51. The topological polar surface area (TPSA) is 86.1 Å². The maximum absolute atomic E-state index is 13.1. The van der Waals surface area contributed by atoms with Crippen LogP contribution in [0.15, 0.2) is 66.7 Å². The van der Waals surface area contributed by atoms with E-state index in [0.717, 1.165) is 28.7 Å². The van der Waals surface area contributed by atoms with Crippen molar-refractivity contribution in [1.82, 2.24) is 15.0 Å². The smallest absolute Gasteiger partial charge is 0.418 e. The van der Waals surface area contributed by atoms with Gasteiger partial charge < -0.3 is 10.1 Å². The van der Waals surface area contributed by atoms with Gasteiger partial charge in [-0.1, -0.05) is 47.1 Å². The first kappa shape index (κ1) is 23.2. The number of carbonyl (C=O) groups excluding carboxylic acids is 2. The molecular formula is C23H16ClF3N4O3. The van der Waals surface area contributed by atoms with Gasteiger partial charge in [-0.15, -0.1) is 5.10 Å². The molecule has 4 rings (SSSR count). The van der Waals surface area contributed by atoms with Crippen LogP contribution in [0.2, 0.25) is 5.02 Å². The second kappa shape index (κ2) is 9.52. The summed E-state index contributed by atoms with van der Waals surface area (Å²) in [6.07, 6.45) is -4.72. The van der Waals surface area contributed by atoms with Crippen molar-refractivity contribution in [3.8, 4) is 0 Å². The Labute approximate surface area is 196 Å². The van der Waals surface area contributed by atoms with Crippen LogP contribution in [-0.2, 0) is 22.3 Å². The molecule has 1 heterocycles. The van der Waals surface area contributed by atoms with E-state index >= 15 is 0 Å². The number of carbonyl (C=O) groups is 2. The van der Waals surface area contributed by atoms with Crippen molar-refractivity contribution in [1.29, 1.82) is 0 Å². The fourth-order valence-corrected chi connectivity index (χ4v) is 3.45. The molecule has 11 heteroatoms. The summed E-state index contributed by atoms with van der Waals surface area (Å²) in [5.41, 5.74) is 0.958. The normalized spacial score (nSPS) is 11.4. The molecule has 1 aromatic heterocycles. The van der Waals surface area contributed by atoms with Crippen LogP contribution in [0, 0.1) is 0 Å². The highest BCUT2D eigenvalue weighted by molar-refractivity contribution is 6.34. The summed E-state index contributed by atoms with van der Waals surface area (Å²) in [6, 6.07) is 17.1. The van der Waals surface area contributed by atoms with E-state index in [1.54, 1.807) is 16.8 Å². The number of esters is 1. The highest BCUT2D eigenvalue weighted by Gasteiger charge is 2.34. The highest BCUT2D eigenvalue weighted by Crippen LogP contribution is 2.38. The Morgan fingerprint density at radius 3 is 2.47 bits per heavy atom. The maximum atomic E-state index is 13.1. The molecule has 0 aliphatic rings. The van der Waals surface area contributed by atoms with Gasteiger partial charge in [0.05, 0.1) is 33.9 Å². The van der Waals surface area contributed by atoms with E-state index in [-0.39, 0.29) is 10.6 Å². The quantitative estimate of drug-likeness (QED) is 0.388. The van der Waals surface area contributed by atoms with E-state index in [4.69, 9.17) is 16.3 Å². The van der Waals surface area contributed by atoms with Gasteiger partial charge in [-0.05, 0) is 42.0 Å². The number of anilines is 1. The van der Waals surface area contributed by atoms with Crippen LogP contribution >= 0.6 is 11.6 Å². The lowest BCUT2D eigenvalue weighted by Gasteiger charge is -2.15. The van der Waals surface area contributed by atoms with Gasteiger partial charge in [0.1, 0.15) is 5.52 Å². The Morgan fingerprint density at radius 2 is 1.74 bits per heavy atom. The number of para-hydroxylation sites is 2. The lowest BCUT2D eigenvalue weighted by Crippen LogP contribution is -2.23. The third kappa shape index (κ3) is 5.18. The summed E-state index contributed by atoms with van der Waals surface area (Å²) in [7, 11) is 0. The summed E-state index contributed by atoms with van der Waals surface area (Å²) >= 11 is 5.80. The number of alkyl halides is 3. The average molecular weight is 489 g/mol. The predicted octanol–water partition coefficient (Wildman–Crippen LogP) is 4.95. The SMILES string of the molecule is O=C(COC(=O)c1ccc(Cn2nnc3ccccc32)cc1)Nc1c(Cl)cccc1C(F)(F)F. The van der Waals surface area contributed by atoms with Crippen LogP contribution in [0.1, 0.15) is 21.5 Å². The van der Waals surface area contributed by atoms with Crippen molar-refractivity contribution >= 4 is 40.2 Å². The fourth-order valence-electron chi connectivity index (χ4n) is 3.23. The molecule has 3 aromatic carbocycles. The van der Waals surface area contributed by atoms with Gasteiger partial charge in [-0.2, -0.15) is 13.2 Å². The van der Waals surface area contributed by atoms with Gasteiger partial charge in [0.2, 0.25) is 0 Å². The van der Waals surface area contributed by atoms with Gasteiger partial charge in [0.15, 0.2) is 6.61 Å². The number of halogens is 4. The molecule has 1 N–H and O–H groups in total. The van der Waals surface area contributed by atoms with Crippen LogP contribution in [0.3, 0.4) is 0 Å². The van der Waals surface area contributed by atoms with Crippen LogP contribution in [-0.4, -0.2) is 33.5 Å². The van der Waals surface area contributed by atoms with Crippen LogP contribution in [0.4, 0.5) is 18.9 Å². The summed E-state index contributed by atoms with van der Waals surface area (Å²) in [6.45, 7) is -0.355. The van der Waals surface area contributed by atoms with E-state index in [9.17, 15) is 22.8 Å². The number of aromatic nitrogens is 3. The number of hydrogen-bond acceptors (Lipinski definition) is 5. The van der Waals surface area contributed by atoms with Crippen LogP contribution < -0.4 is 5.32 Å². The summed E-state index contributed by atoms with van der Waals surface area (Å²) in [5, 5.41) is 9.97. The molecule has 0 saturated carbocycles. The van der Waals surface area contributed by atoms with Crippen molar-refractivity contribution in [3.05, 3.63) is 88.4 Å². The third-order valence-electron chi connectivity index (χ3n) is 4.86. The number of ether oxygens (including phenoxy) is 1. The number of benzene rings is 3. The van der Waals surface area contributed by atoms with Crippen molar-refractivity contribution in [2.24, 2.45) is 0 Å². The minimum absolute atomic E-state index is 0.175. The maximum Gasteiger partial charge on any atom is 0.418 e. The number of hydrogen-bond donors (Lipinski definition) is 1. The Bertz CT molecular complexity index is 1350. The number of rotatable bonds is 6. The molecular weight excluding hydrogens is 473 g/mol. The Hall–Kier alpha value is -3.92. The van der Waals surface area contributed by atoms with Crippen LogP contribution in [0.25, 0.3) is 11.0 Å². The molecule has 1 amide bonds. The Morgan fingerprint density at radius 1 is 1.00 bits per heavy atom. The van der Waals surface area contributed by atoms with Crippen molar-refractivity contribution in [3.63, 3.8) is 0 Å². The summed E-state index contributed by atoms with van der Waals surface area (Å²) in [4.78, 5) is 24.4. The number of fused-ring (bicyclic) bond motifs is 1. The second-order valence-corrected chi connectivity index (χ2v) is 7.62. The molecule has 0 aliphatic heterocycles. The monoisotopic (exact) mass is 488 g/mol. The minimum Gasteiger partial charge on any atom is -0.452 e. The van der Waals surface area contributed by atoms with E-state index < -0.39 is 35.9 Å². The van der Waals surface area contributed by atoms with Crippen molar-refractivity contribution < 1.29 is 27.5 Å². The predicted molar refractivity (Wildman–Crippen MR) is 118 cm³/mol. The van der Waals surface area contributed by atoms with Gasteiger partial charge in [0, 0.05) is 0 Å². The fraction of sp³-hybridized carbons (Fsp3) is 0.130. The average Bonchev–Trinajstić information content (AvgIpc) is 3.21. The zero-order valence-corrected chi connectivity index (χ0v) is 18.1.